The Morgan fingerprint density at radius 1 is 1.59 bits per heavy atom. The lowest BCUT2D eigenvalue weighted by Gasteiger charge is -2.11. The molecule has 0 saturated carbocycles. The Hall–Kier alpha value is -0.400. The number of nitrogens with zero attached hydrogens (tertiary/aromatic N) is 2. The highest BCUT2D eigenvalue weighted by molar-refractivity contribution is 14.1. The summed E-state index contributed by atoms with van der Waals surface area (Å²) in [5, 5.41) is 2.14. The first kappa shape index (κ1) is 13.0. The van der Waals surface area contributed by atoms with Crippen LogP contribution in [0.1, 0.15) is 30.8 Å². The third-order valence-corrected chi connectivity index (χ3v) is 4.49. The van der Waals surface area contributed by atoms with Gasteiger partial charge >= 0.3 is 0 Å². The van der Waals surface area contributed by atoms with E-state index < -0.39 is 0 Å². The number of rotatable bonds is 5. The first-order valence-corrected chi connectivity index (χ1v) is 7.66. The van der Waals surface area contributed by atoms with Gasteiger partial charge < -0.3 is 10.3 Å². The van der Waals surface area contributed by atoms with Crippen molar-refractivity contribution in [3.05, 3.63) is 38.1 Å². The van der Waals surface area contributed by atoms with Gasteiger partial charge in [0.1, 0.15) is 5.82 Å². The first-order chi connectivity index (χ1) is 8.20. The molecule has 1 atom stereocenters. The first-order valence-electron chi connectivity index (χ1n) is 5.70. The van der Waals surface area contributed by atoms with E-state index in [9.17, 15) is 0 Å². The van der Waals surface area contributed by atoms with Crippen LogP contribution in [0.25, 0.3) is 0 Å². The van der Waals surface area contributed by atoms with Crippen molar-refractivity contribution >= 4 is 33.9 Å². The molecular weight excluding hydrogens is 345 g/mol. The minimum absolute atomic E-state index is 0.0489. The molecule has 2 aromatic heterocycles. The zero-order valence-electron chi connectivity index (χ0n) is 9.77. The van der Waals surface area contributed by atoms with Crippen LogP contribution >= 0.6 is 33.9 Å². The molecule has 3 nitrogen and oxygen atoms in total. The third-order valence-electron chi connectivity index (χ3n) is 2.68. The summed E-state index contributed by atoms with van der Waals surface area (Å²) in [5.41, 5.74) is 7.43. The van der Waals surface area contributed by atoms with Crippen LogP contribution in [-0.2, 0) is 13.0 Å². The Kier molecular flexibility index (Phi) is 4.58. The van der Waals surface area contributed by atoms with Gasteiger partial charge in [0.25, 0.3) is 0 Å². The zero-order valence-corrected chi connectivity index (χ0v) is 12.7. The maximum atomic E-state index is 6.21. The lowest BCUT2D eigenvalue weighted by molar-refractivity contribution is 0.599. The van der Waals surface area contributed by atoms with E-state index in [1.165, 1.54) is 8.45 Å². The number of nitrogens with two attached hydrogens (primary N) is 1. The molecule has 0 aliphatic rings. The molecule has 0 radical (unpaired) electrons. The molecule has 2 heterocycles. The molecule has 0 saturated heterocycles. The van der Waals surface area contributed by atoms with E-state index in [1.807, 2.05) is 12.4 Å². The molecule has 0 aliphatic heterocycles. The molecular formula is C12H16IN3S. The number of halogens is 1. The van der Waals surface area contributed by atoms with E-state index in [4.69, 9.17) is 5.73 Å². The summed E-state index contributed by atoms with van der Waals surface area (Å²) in [4.78, 5) is 4.39. The predicted octanol–water partition coefficient (Wildman–Crippen LogP) is 3.20. The van der Waals surface area contributed by atoms with Crippen LogP contribution in [0, 0.1) is 2.88 Å². The third kappa shape index (κ3) is 3.29. The number of imidazole rings is 1. The largest absolute Gasteiger partial charge is 0.335 e. The van der Waals surface area contributed by atoms with Crippen molar-refractivity contribution in [2.24, 2.45) is 5.73 Å². The number of aromatic nitrogens is 2. The van der Waals surface area contributed by atoms with Gasteiger partial charge in [0, 0.05) is 31.4 Å². The van der Waals surface area contributed by atoms with Crippen molar-refractivity contribution in [3.8, 4) is 0 Å². The monoisotopic (exact) mass is 361 g/mol. The summed E-state index contributed by atoms with van der Waals surface area (Å²) in [6.45, 7) is 3.19. The highest BCUT2D eigenvalue weighted by atomic mass is 127. The molecule has 92 valence electrons. The summed E-state index contributed by atoms with van der Waals surface area (Å²) < 4.78 is 3.47. The van der Waals surface area contributed by atoms with Gasteiger partial charge in [-0.1, -0.05) is 6.92 Å². The Morgan fingerprint density at radius 3 is 3.06 bits per heavy atom. The average molecular weight is 361 g/mol. The molecule has 1 unspecified atom stereocenters. The summed E-state index contributed by atoms with van der Waals surface area (Å²) in [6, 6.07) is 2.20. The van der Waals surface area contributed by atoms with Crippen LogP contribution < -0.4 is 5.73 Å². The van der Waals surface area contributed by atoms with Crippen LogP contribution in [0.3, 0.4) is 0 Å². The maximum Gasteiger partial charge on any atom is 0.110 e. The SMILES string of the molecule is CCCn1ccnc1CC(N)c1csc(I)c1. The minimum atomic E-state index is 0.0489. The molecule has 0 spiro atoms. The van der Waals surface area contributed by atoms with Crippen molar-refractivity contribution < 1.29 is 0 Å². The van der Waals surface area contributed by atoms with Crippen molar-refractivity contribution in [3.63, 3.8) is 0 Å². The topological polar surface area (TPSA) is 43.8 Å². The van der Waals surface area contributed by atoms with Gasteiger partial charge in [-0.05, 0) is 46.0 Å². The van der Waals surface area contributed by atoms with Crippen LogP contribution in [0.5, 0.6) is 0 Å². The number of hydrogen-bond donors (Lipinski definition) is 1. The van der Waals surface area contributed by atoms with Crippen LogP contribution in [0.4, 0.5) is 0 Å². The summed E-state index contributed by atoms with van der Waals surface area (Å²) >= 11 is 4.07. The number of aryl methyl sites for hydroxylation is 1. The highest BCUT2D eigenvalue weighted by Crippen LogP contribution is 2.23. The lowest BCUT2D eigenvalue weighted by atomic mass is 10.1. The maximum absolute atomic E-state index is 6.21. The molecule has 17 heavy (non-hydrogen) atoms. The second kappa shape index (κ2) is 5.97. The standard InChI is InChI=1S/C12H16IN3S/c1-2-4-16-5-3-15-12(16)7-10(14)9-6-11(13)17-8-9/h3,5-6,8,10H,2,4,7,14H2,1H3. The predicted molar refractivity (Wildman–Crippen MR) is 80.2 cm³/mol. The highest BCUT2D eigenvalue weighted by Gasteiger charge is 2.12. The molecule has 0 aliphatic carbocycles. The van der Waals surface area contributed by atoms with Gasteiger partial charge in [0.2, 0.25) is 0 Å². The van der Waals surface area contributed by atoms with Crippen LogP contribution in [0.2, 0.25) is 0 Å². The fourth-order valence-corrected chi connectivity index (χ4v) is 3.24. The van der Waals surface area contributed by atoms with Gasteiger partial charge in [-0.15, -0.1) is 11.3 Å². The quantitative estimate of drug-likeness (QED) is 0.832. The Labute approximate surface area is 119 Å². The Morgan fingerprint density at radius 2 is 2.41 bits per heavy atom. The fraction of sp³-hybridized carbons (Fsp3) is 0.417. The van der Waals surface area contributed by atoms with E-state index >= 15 is 0 Å². The van der Waals surface area contributed by atoms with Gasteiger partial charge in [-0.2, -0.15) is 0 Å². The van der Waals surface area contributed by atoms with Gasteiger partial charge in [-0.25, -0.2) is 4.98 Å². The van der Waals surface area contributed by atoms with E-state index in [-0.39, 0.29) is 6.04 Å². The van der Waals surface area contributed by atoms with Crippen molar-refractivity contribution in [1.29, 1.82) is 0 Å². The lowest BCUT2D eigenvalue weighted by Crippen LogP contribution is -2.16. The summed E-state index contributed by atoms with van der Waals surface area (Å²) in [5.74, 6) is 1.08. The molecule has 5 heteroatoms. The second-order valence-corrected chi connectivity index (χ2v) is 6.84. The number of thiophene rings is 1. The zero-order chi connectivity index (χ0) is 12.3. The van der Waals surface area contributed by atoms with E-state index in [1.54, 1.807) is 11.3 Å². The van der Waals surface area contributed by atoms with E-state index in [2.05, 4.69) is 50.5 Å². The van der Waals surface area contributed by atoms with Crippen molar-refractivity contribution in [2.75, 3.05) is 0 Å². The normalized spacial score (nSPS) is 12.9. The van der Waals surface area contributed by atoms with Gasteiger partial charge in [0.15, 0.2) is 0 Å². The molecule has 2 aromatic rings. The molecule has 0 fully saturated rings. The molecule has 2 rings (SSSR count). The smallest absolute Gasteiger partial charge is 0.110 e. The Bertz CT molecular complexity index is 478. The average Bonchev–Trinajstić information content (AvgIpc) is 2.89. The fourth-order valence-electron chi connectivity index (χ4n) is 1.81. The molecule has 2 N–H and O–H groups in total. The summed E-state index contributed by atoms with van der Waals surface area (Å²) in [7, 11) is 0. The van der Waals surface area contributed by atoms with Gasteiger partial charge in [0.05, 0.1) is 2.88 Å². The summed E-state index contributed by atoms with van der Waals surface area (Å²) in [6.07, 6.45) is 5.81. The van der Waals surface area contributed by atoms with E-state index in [0.29, 0.717) is 0 Å². The molecule has 0 aromatic carbocycles. The van der Waals surface area contributed by atoms with Crippen molar-refractivity contribution in [1.82, 2.24) is 9.55 Å². The Balaban J connectivity index is 2.07. The molecule has 0 bridgehead atoms. The van der Waals surface area contributed by atoms with Crippen molar-refractivity contribution in [2.45, 2.75) is 32.4 Å². The minimum Gasteiger partial charge on any atom is -0.335 e. The number of hydrogen-bond acceptors (Lipinski definition) is 3. The van der Waals surface area contributed by atoms with E-state index in [0.717, 1.165) is 25.2 Å². The second-order valence-electron chi connectivity index (χ2n) is 4.03. The van der Waals surface area contributed by atoms with Crippen LogP contribution in [-0.4, -0.2) is 9.55 Å². The van der Waals surface area contributed by atoms with Gasteiger partial charge in [-0.3, -0.25) is 0 Å². The molecule has 0 amide bonds. The van der Waals surface area contributed by atoms with Crippen LogP contribution in [0.15, 0.2) is 23.8 Å².